The van der Waals surface area contributed by atoms with Gasteiger partial charge in [0.1, 0.15) is 11.6 Å². The van der Waals surface area contributed by atoms with Crippen molar-refractivity contribution in [3.05, 3.63) is 22.8 Å². The molecule has 1 amide bonds. The average Bonchev–Trinajstić information content (AvgIpc) is 3.22. The maximum absolute atomic E-state index is 11.9. The van der Waals surface area contributed by atoms with Gasteiger partial charge >= 0.3 is 12.1 Å². The van der Waals surface area contributed by atoms with Gasteiger partial charge in [0.2, 0.25) is 0 Å². The minimum absolute atomic E-state index is 0.0944. The van der Waals surface area contributed by atoms with Gasteiger partial charge in [-0.25, -0.2) is 14.6 Å². The second kappa shape index (κ2) is 7.61. The van der Waals surface area contributed by atoms with Crippen LogP contribution in [0.4, 0.5) is 4.79 Å². The zero-order valence-electron chi connectivity index (χ0n) is 13.8. The third-order valence-corrected chi connectivity index (χ3v) is 4.71. The lowest BCUT2D eigenvalue weighted by molar-refractivity contribution is -0.139. The number of ether oxygens (including phenoxy) is 1. The summed E-state index contributed by atoms with van der Waals surface area (Å²) in [6.45, 7) is 5.15. The number of pyridine rings is 1. The molecule has 0 radical (unpaired) electrons. The number of carbonyl (C=O) groups excluding carboxylic acids is 1. The van der Waals surface area contributed by atoms with Crippen LogP contribution in [0.1, 0.15) is 39.2 Å². The number of hydrogen-bond acceptors (Lipinski definition) is 5. The van der Waals surface area contributed by atoms with Crippen molar-refractivity contribution in [1.82, 2.24) is 10.3 Å². The number of carboxylic acids is 1. The lowest BCUT2D eigenvalue weighted by Crippen LogP contribution is -2.44. The molecule has 1 atom stereocenters. The van der Waals surface area contributed by atoms with Crippen molar-refractivity contribution in [2.75, 3.05) is 0 Å². The van der Waals surface area contributed by atoms with Crippen molar-refractivity contribution in [2.24, 2.45) is 0 Å². The summed E-state index contributed by atoms with van der Waals surface area (Å²) in [6.07, 6.45) is 3.14. The van der Waals surface area contributed by atoms with E-state index in [4.69, 9.17) is 16.3 Å². The van der Waals surface area contributed by atoms with E-state index >= 15 is 0 Å². The first kappa shape index (κ1) is 18.9. The summed E-state index contributed by atoms with van der Waals surface area (Å²) in [5.74, 6) is -1.14. The number of amides is 1. The summed E-state index contributed by atoms with van der Waals surface area (Å²) in [5.41, 5.74) is 0.0143. The van der Waals surface area contributed by atoms with Gasteiger partial charge in [0.25, 0.3) is 0 Å². The van der Waals surface area contributed by atoms with E-state index in [1.54, 1.807) is 44.8 Å². The molecule has 0 unspecified atom stereocenters. The van der Waals surface area contributed by atoms with E-state index in [0.29, 0.717) is 15.8 Å². The van der Waals surface area contributed by atoms with Gasteiger partial charge in [-0.05, 0) is 45.2 Å². The number of carbonyl (C=O) groups is 2. The first-order valence-corrected chi connectivity index (χ1v) is 8.93. The Kier molecular flexibility index (Phi) is 5.98. The number of aliphatic carboxylic acids is 1. The fourth-order valence-electron chi connectivity index (χ4n) is 1.93. The molecule has 1 fully saturated rings. The molecule has 1 aliphatic carbocycles. The molecular weight excluding hydrogens is 352 g/mol. The van der Waals surface area contributed by atoms with Gasteiger partial charge in [-0.15, -0.1) is 11.8 Å². The molecule has 24 heavy (non-hydrogen) atoms. The van der Waals surface area contributed by atoms with E-state index in [1.807, 2.05) is 0 Å². The molecule has 0 saturated heterocycles. The van der Waals surface area contributed by atoms with E-state index in [0.717, 1.165) is 17.9 Å². The summed E-state index contributed by atoms with van der Waals surface area (Å²) in [6, 6.07) is 0.588. The molecule has 6 nitrogen and oxygen atoms in total. The molecule has 1 heterocycles. The van der Waals surface area contributed by atoms with E-state index in [2.05, 4.69) is 10.3 Å². The van der Waals surface area contributed by atoms with Gasteiger partial charge in [0, 0.05) is 17.9 Å². The van der Waals surface area contributed by atoms with Crippen LogP contribution in [0.25, 0.3) is 0 Å². The molecule has 2 N–H and O–H groups in total. The zero-order chi connectivity index (χ0) is 17.9. The molecule has 8 heteroatoms. The summed E-state index contributed by atoms with van der Waals surface area (Å²) >= 11 is 7.61. The summed E-state index contributed by atoms with van der Waals surface area (Å²) in [7, 11) is 0. The average molecular weight is 373 g/mol. The minimum Gasteiger partial charge on any atom is -0.480 e. The number of thioether (sulfide) groups is 1. The van der Waals surface area contributed by atoms with Crippen LogP contribution in [-0.2, 0) is 16.0 Å². The molecule has 0 spiro atoms. The number of halogens is 1. The number of carboxylic acid groups (broad SMARTS) is 1. The molecule has 0 aliphatic heterocycles. The predicted molar refractivity (Wildman–Crippen MR) is 92.6 cm³/mol. The molecule has 132 valence electrons. The topological polar surface area (TPSA) is 88.5 Å². The van der Waals surface area contributed by atoms with Gasteiger partial charge in [0.05, 0.1) is 10.0 Å². The number of nitrogens with zero attached hydrogens (tertiary/aromatic N) is 1. The first-order valence-electron chi connectivity index (χ1n) is 7.67. The number of alkyl carbamates (subject to hydrolysis) is 1. The van der Waals surface area contributed by atoms with Crippen LogP contribution in [0.2, 0.25) is 5.02 Å². The smallest absolute Gasteiger partial charge is 0.408 e. The second-order valence-corrected chi connectivity index (χ2v) is 8.40. The molecule has 1 aromatic rings. The Hall–Kier alpha value is -1.47. The third kappa shape index (κ3) is 6.20. The Morgan fingerprint density at radius 3 is 2.71 bits per heavy atom. The van der Waals surface area contributed by atoms with Crippen molar-refractivity contribution < 1.29 is 19.4 Å². The van der Waals surface area contributed by atoms with E-state index in [9.17, 15) is 14.7 Å². The molecule has 2 rings (SSSR count). The first-order chi connectivity index (χ1) is 11.1. The molecule has 1 aromatic heterocycles. The minimum atomic E-state index is -1.14. The normalized spacial score (nSPS) is 15.7. The number of nitrogens with one attached hydrogen (secondary N) is 1. The van der Waals surface area contributed by atoms with Crippen LogP contribution < -0.4 is 5.32 Å². The molecular formula is C16H21ClN2O4S. The lowest BCUT2D eigenvalue weighted by atomic mass is 10.1. The van der Waals surface area contributed by atoms with Crippen molar-refractivity contribution in [1.29, 1.82) is 0 Å². The molecule has 0 aromatic carbocycles. The predicted octanol–water partition coefficient (Wildman–Crippen LogP) is 3.51. The number of aromatic nitrogens is 1. The highest BCUT2D eigenvalue weighted by molar-refractivity contribution is 8.00. The number of hydrogen-bond donors (Lipinski definition) is 2. The van der Waals surface area contributed by atoms with Gasteiger partial charge in [-0.1, -0.05) is 11.6 Å². The van der Waals surface area contributed by atoms with Crippen molar-refractivity contribution in [2.45, 2.75) is 62.0 Å². The van der Waals surface area contributed by atoms with Crippen LogP contribution in [0, 0.1) is 0 Å². The standard InChI is InChI=1S/C16H21ClN2O4S/c1-16(2,3)23-15(22)19-12(14(20)21)7-9-6-10(17)8-18-13(9)24-11-4-5-11/h6,8,11-12H,4-5,7H2,1-3H3,(H,19,22)(H,20,21)/t12-/m0/s1. The fourth-order valence-corrected chi connectivity index (χ4v) is 3.21. The highest BCUT2D eigenvalue weighted by Crippen LogP contribution is 2.40. The SMILES string of the molecule is CC(C)(C)OC(=O)N[C@@H](Cc1cc(Cl)cnc1SC1CC1)C(=O)O. The maximum atomic E-state index is 11.9. The quantitative estimate of drug-likeness (QED) is 0.794. The van der Waals surface area contributed by atoms with Crippen LogP contribution in [0.5, 0.6) is 0 Å². The van der Waals surface area contributed by atoms with Crippen molar-refractivity contribution in [3.63, 3.8) is 0 Å². The van der Waals surface area contributed by atoms with Gasteiger partial charge in [-0.2, -0.15) is 0 Å². The summed E-state index contributed by atoms with van der Waals surface area (Å²) < 4.78 is 5.12. The van der Waals surface area contributed by atoms with Crippen molar-refractivity contribution in [3.8, 4) is 0 Å². The monoisotopic (exact) mass is 372 g/mol. The maximum Gasteiger partial charge on any atom is 0.408 e. The number of rotatable bonds is 6. The van der Waals surface area contributed by atoms with Gasteiger partial charge in [-0.3, -0.25) is 0 Å². The summed E-state index contributed by atoms with van der Waals surface area (Å²) in [5, 5.41) is 13.5. The fraction of sp³-hybridized carbons (Fsp3) is 0.562. The molecule has 1 saturated carbocycles. The Balaban J connectivity index is 2.10. The van der Waals surface area contributed by atoms with E-state index in [1.165, 1.54) is 0 Å². The highest BCUT2D eigenvalue weighted by atomic mass is 35.5. The largest absolute Gasteiger partial charge is 0.480 e. The molecule has 0 bridgehead atoms. The Morgan fingerprint density at radius 1 is 1.50 bits per heavy atom. The highest BCUT2D eigenvalue weighted by Gasteiger charge is 2.28. The van der Waals surface area contributed by atoms with Crippen LogP contribution in [0.3, 0.4) is 0 Å². The Labute approximate surface area is 150 Å². The van der Waals surface area contributed by atoms with E-state index in [-0.39, 0.29) is 6.42 Å². The lowest BCUT2D eigenvalue weighted by Gasteiger charge is -2.22. The van der Waals surface area contributed by atoms with Crippen LogP contribution in [0.15, 0.2) is 17.3 Å². The Morgan fingerprint density at radius 2 is 2.17 bits per heavy atom. The Bertz CT molecular complexity index is 629. The zero-order valence-corrected chi connectivity index (χ0v) is 15.4. The third-order valence-electron chi connectivity index (χ3n) is 3.11. The van der Waals surface area contributed by atoms with Gasteiger partial charge < -0.3 is 15.2 Å². The molecule has 1 aliphatic rings. The summed E-state index contributed by atoms with van der Waals surface area (Å²) in [4.78, 5) is 27.7. The second-order valence-electron chi connectivity index (χ2n) is 6.68. The van der Waals surface area contributed by atoms with Crippen LogP contribution >= 0.6 is 23.4 Å². The van der Waals surface area contributed by atoms with Crippen molar-refractivity contribution >= 4 is 35.4 Å². The van der Waals surface area contributed by atoms with Gasteiger partial charge in [0.15, 0.2) is 0 Å². The van der Waals surface area contributed by atoms with Crippen LogP contribution in [-0.4, -0.2) is 39.0 Å². The van der Waals surface area contributed by atoms with E-state index < -0.39 is 23.7 Å².